The van der Waals surface area contributed by atoms with Crippen molar-refractivity contribution in [3.63, 3.8) is 0 Å². The standard InChI is InChI=1S/C27H35N5O/c1-3-14-32-24-9-5-4-8-22(24)26-27(32)25(29-12-17-31-15-6-7-16-31)21-11-10-20(19-23(21)30-26)28-13-18-33-2/h4-5,8-11,19,28H,3,6-7,12-18H2,1-2H3,(H,29,30). The van der Waals surface area contributed by atoms with Gasteiger partial charge in [0.2, 0.25) is 0 Å². The number of ether oxygens (including phenoxy) is 1. The van der Waals surface area contributed by atoms with Crippen molar-refractivity contribution in [2.24, 2.45) is 0 Å². The Morgan fingerprint density at radius 1 is 0.970 bits per heavy atom. The number of anilines is 2. The molecule has 1 aliphatic heterocycles. The predicted molar refractivity (Wildman–Crippen MR) is 140 cm³/mol. The molecular formula is C27H35N5O. The zero-order valence-corrected chi connectivity index (χ0v) is 19.9. The van der Waals surface area contributed by atoms with Gasteiger partial charge in [-0.3, -0.25) is 0 Å². The van der Waals surface area contributed by atoms with Crippen molar-refractivity contribution in [2.45, 2.75) is 32.7 Å². The van der Waals surface area contributed by atoms with Gasteiger partial charge in [-0.1, -0.05) is 25.1 Å². The third kappa shape index (κ3) is 4.37. The van der Waals surface area contributed by atoms with Gasteiger partial charge in [0.15, 0.2) is 0 Å². The predicted octanol–water partition coefficient (Wildman–Crippen LogP) is 5.32. The zero-order chi connectivity index (χ0) is 22.6. The van der Waals surface area contributed by atoms with Crippen molar-refractivity contribution in [3.8, 4) is 0 Å². The lowest BCUT2D eigenvalue weighted by molar-refractivity contribution is 0.211. The smallest absolute Gasteiger partial charge is 0.0988 e. The number of para-hydroxylation sites is 1. The van der Waals surface area contributed by atoms with Crippen LogP contribution < -0.4 is 10.6 Å². The molecule has 0 spiro atoms. The summed E-state index contributed by atoms with van der Waals surface area (Å²) in [6.45, 7) is 9.15. The first-order valence-electron chi connectivity index (χ1n) is 12.3. The molecule has 4 aromatic rings. The minimum absolute atomic E-state index is 0.679. The number of benzene rings is 2. The SMILES string of the molecule is CCCn1c2ccccc2c2nc3cc(NCCOC)ccc3c(NCCN3CCCC3)c21. The van der Waals surface area contributed by atoms with E-state index in [4.69, 9.17) is 9.72 Å². The largest absolute Gasteiger partial charge is 0.383 e. The van der Waals surface area contributed by atoms with E-state index < -0.39 is 0 Å². The van der Waals surface area contributed by atoms with Gasteiger partial charge in [-0.15, -0.1) is 0 Å². The molecular weight excluding hydrogens is 410 g/mol. The average molecular weight is 446 g/mol. The van der Waals surface area contributed by atoms with Gasteiger partial charge >= 0.3 is 0 Å². The van der Waals surface area contributed by atoms with E-state index >= 15 is 0 Å². The van der Waals surface area contributed by atoms with E-state index in [0.717, 1.165) is 49.3 Å². The normalized spacial score (nSPS) is 14.6. The van der Waals surface area contributed by atoms with Crippen molar-refractivity contribution in [1.82, 2.24) is 14.5 Å². The maximum Gasteiger partial charge on any atom is 0.0988 e. The zero-order valence-electron chi connectivity index (χ0n) is 19.9. The summed E-state index contributed by atoms with van der Waals surface area (Å²) in [5, 5.41) is 9.70. The highest BCUT2D eigenvalue weighted by Crippen LogP contribution is 2.38. The molecule has 2 aromatic carbocycles. The summed E-state index contributed by atoms with van der Waals surface area (Å²) in [6, 6.07) is 15.2. The van der Waals surface area contributed by atoms with Gasteiger partial charge < -0.3 is 24.8 Å². The molecule has 0 unspecified atom stereocenters. The molecule has 0 bridgehead atoms. The Bertz CT molecular complexity index is 1240. The van der Waals surface area contributed by atoms with Crippen LogP contribution in [-0.4, -0.2) is 60.9 Å². The summed E-state index contributed by atoms with van der Waals surface area (Å²) in [5.41, 5.74) is 6.89. The maximum atomic E-state index is 5.20. The molecule has 6 heteroatoms. The van der Waals surface area contributed by atoms with E-state index in [1.165, 1.54) is 53.4 Å². The molecule has 6 nitrogen and oxygen atoms in total. The van der Waals surface area contributed by atoms with Gasteiger partial charge in [-0.25, -0.2) is 4.98 Å². The van der Waals surface area contributed by atoms with E-state index in [-0.39, 0.29) is 0 Å². The summed E-state index contributed by atoms with van der Waals surface area (Å²) < 4.78 is 7.65. The first-order valence-corrected chi connectivity index (χ1v) is 12.3. The van der Waals surface area contributed by atoms with Gasteiger partial charge in [-0.05, 0) is 56.6 Å². The van der Waals surface area contributed by atoms with Crippen LogP contribution >= 0.6 is 0 Å². The number of hydrogen-bond acceptors (Lipinski definition) is 5. The van der Waals surface area contributed by atoms with E-state index in [2.05, 4.69) is 69.5 Å². The van der Waals surface area contributed by atoms with Crippen LogP contribution in [0.25, 0.3) is 32.8 Å². The molecule has 2 aromatic heterocycles. The number of nitrogens with one attached hydrogen (secondary N) is 2. The highest BCUT2D eigenvalue weighted by Gasteiger charge is 2.19. The minimum Gasteiger partial charge on any atom is -0.383 e. The van der Waals surface area contributed by atoms with Gasteiger partial charge in [0, 0.05) is 49.7 Å². The third-order valence-electron chi connectivity index (χ3n) is 6.69. The van der Waals surface area contributed by atoms with E-state index in [1.807, 2.05) is 0 Å². The van der Waals surface area contributed by atoms with Gasteiger partial charge in [0.25, 0.3) is 0 Å². The number of aromatic nitrogens is 2. The molecule has 174 valence electrons. The average Bonchev–Trinajstić information content (AvgIpc) is 3.46. The fourth-order valence-electron chi connectivity index (χ4n) is 5.12. The van der Waals surface area contributed by atoms with Crippen LogP contribution in [0.4, 0.5) is 11.4 Å². The van der Waals surface area contributed by atoms with Crippen LogP contribution in [0.2, 0.25) is 0 Å². The first-order chi connectivity index (χ1) is 16.3. The van der Waals surface area contributed by atoms with E-state index in [9.17, 15) is 0 Å². The molecule has 1 fully saturated rings. The van der Waals surface area contributed by atoms with Crippen LogP contribution in [0.15, 0.2) is 42.5 Å². The Kier molecular flexibility index (Phi) is 6.65. The monoisotopic (exact) mass is 445 g/mol. The lowest BCUT2D eigenvalue weighted by Gasteiger charge is -2.18. The van der Waals surface area contributed by atoms with Crippen LogP contribution in [0, 0.1) is 0 Å². The van der Waals surface area contributed by atoms with Crippen molar-refractivity contribution in [2.75, 3.05) is 57.1 Å². The molecule has 5 rings (SSSR count). The number of aryl methyl sites for hydroxylation is 1. The lowest BCUT2D eigenvalue weighted by atomic mass is 10.1. The Morgan fingerprint density at radius 2 is 1.82 bits per heavy atom. The maximum absolute atomic E-state index is 5.20. The molecule has 1 saturated heterocycles. The molecule has 1 aliphatic rings. The van der Waals surface area contributed by atoms with Crippen molar-refractivity contribution >= 4 is 44.2 Å². The number of fused-ring (bicyclic) bond motifs is 4. The molecule has 0 saturated carbocycles. The number of methoxy groups -OCH3 is 1. The van der Waals surface area contributed by atoms with Gasteiger partial charge in [0.1, 0.15) is 0 Å². The summed E-state index contributed by atoms with van der Waals surface area (Å²) in [5.74, 6) is 0. The first kappa shape index (κ1) is 22.0. The number of likely N-dealkylation sites (tertiary alicyclic amines) is 1. The minimum atomic E-state index is 0.679. The van der Waals surface area contributed by atoms with Crippen LogP contribution in [-0.2, 0) is 11.3 Å². The Morgan fingerprint density at radius 3 is 2.64 bits per heavy atom. The topological polar surface area (TPSA) is 54.4 Å². The van der Waals surface area contributed by atoms with E-state index in [0.29, 0.717) is 6.61 Å². The molecule has 2 N–H and O–H groups in total. The van der Waals surface area contributed by atoms with E-state index in [1.54, 1.807) is 7.11 Å². The summed E-state index contributed by atoms with van der Waals surface area (Å²) >= 11 is 0. The number of pyridine rings is 1. The second-order valence-electron chi connectivity index (χ2n) is 8.98. The number of rotatable bonds is 10. The fraction of sp³-hybridized carbons (Fsp3) is 0.444. The Labute approximate surface area is 195 Å². The summed E-state index contributed by atoms with van der Waals surface area (Å²) in [7, 11) is 1.73. The number of nitrogens with zero attached hydrogens (tertiary/aromatic N) is 3. The van der Waals surface area contributed by atoms with Gasteiger partial charge in [0.05, 0.1) is 34.4 Å². The van der Waals surface area contributed by atoms with Crippen LogP contribution in [0.3, 0.4) is 0 Å². The molecule has 0 atom stereocenters. The second kappa shape index (κ2) is 9.98. The third-order valence-corrected chi connectivity index (χ3v) is 6.69. The van der Waals surface area contributed by atoms with Crippen LogP contribution in [0.5, 0.6) is 0 Å². The highest BCUT2D eigenvalue weighted by atomic mass is 16.5. The summed E-state index contributed by atoms with van der Waals surface area (Å²) in [6.07, 6.45) is 3.74. The fourth-order valence-corrected chi connectivity index (χ4v) is 5.12. The Hall–Kier alpha value is -2.83. The quantitative estimate of drug-likeness (QED) is 0.324. The highest BCUT2D eigenvalue weighted by molar-refractivity contribution is 6.16. The molecule has 0 radical (unpaired) electrons. The van der Waals surface area contributed by atoms with Crippen molar-refractivity contribution in [3.05, 3.63) is 42.5 Å². The molecule has 33 heavy (non-hydrogen) atoms. The molecule has 3 heterocycles. The number of hydrogen-bond donors (Lipinski definition) is 2. The Balaban J connectivity index is 1.63. The second-order valence-corrected chi connectivity index (χ2v) is 8.98. The molecule has 0 amide bonds. The molecule has 0 aliphatic carbocycles. The lowest BCUT2D eigenvalue weighted by Crippen LogP contribution is -2.26. The van der Waals surface area contributed by atoms with Crippen molar-refractivity contribution in [1.29, 1.82) is 0 Å². The van der Waals surface area contributed by atoms with Crippen LogP contribution in [0.1, 0.15) is 26.2 Å². The van der Waals surface area contributed by atoms with Gasteiger partial charge in [-0.2, -0.15) is 0 Å². The van der Waals surface area contributed by atoms with Crippen molar-refractivity contribution < 1.29 is 4.74 Å². The summed E-state index contributed by atoms with van der Waals surface area (Å²) in [4.78, 5) is 7.76.